The van der Waals surface area contributed by atoms with Crippen LogP contribution in [-0.2, 0) is 0 Å². The molecule has 0 aliphatic carbocycles. The maximum Gasteiger partial charge on any atom is 0.225 e. The van der Waals surface area contributed by atoms with Crippen molar-refractivity contribution in [3.8, 4) is 0 Å². The summed E-state index contributed by atoms with van der Waals surface area (Å²) in [5.74, 6) is 0.796. The second-order valence-electron chi connectivity index (χ2n) is 6.72. The van der Waals surface area contributed by atoms with E-state index in [1.54, 1.807) is 0 Å². The number of nitrogens with zero attached hydrogens (tertiary/aromatic N) is 3. The van der Waals surface area contributed by atoms with Crippen LogP contribution in [0.3, 0.4) is 0 Å². The molecule has 1 N–H and O–H groups in total. The number of benzene rings is 1. The Hall–Kier alpha value is -2.88. The Morgan fingerprint density at radius 2 is 2.00 bits per heavy atom. The molecule has 0 atom stereocenters. The van der Waals surface area contributed by atoms with E-state index < -0.39 is 0 Å². The molecule has 0 radical (unpaired) electrons. The highest BCUT2D eigenvalue weighted by atomic mass is 15.2. The third-order valence-corrected chi connectivity index (χ3v) is 4.95. The number of anilines is 1. The molecule has 0 unspecified atom stereocenters. The number of aromatic amines is 1. The molecule has 0 spiro atoms. The summed E-state index contributed by atoms with van der Waals surface area (Å²) in [6.07, 6.45) is 6.67. The topological polar surface area (TPSA) is 44.8 Å². The van der Waals surface area contributed by atoms with Gasteiger partial charge in [-0.2, -0.15) is 0 Å². The Morgan fingerprint density at radius 1 is 1.20 bits per heavy atom. The highest BCUT2D eigenvalue weighted by Crippen LogP contribution is 2.31. The predicted octanol–water partition coefficient (Wildman–Crippen LogP) is 4.51. The molecule has 1 fully saturated rings. The summed E-state index contributed by atoms with van der Waals surface area (Å²) in [5, 5.41) is 1.23. The molecular weight excluding hydrogens is 308 g/mol. The first-order chi connectivity index (χ1) is 12.1. The van der Waals surface area contributed by atoms with E-state index in [1.807, 2.05) is 25.5 Å². The van der Waals surface area contributed by atoms with Gasteiger partial charge in [-0.3, -0.25) is 0 Å². The minimum absolute atomic E-state index is 0.796. The van der Waals surface area contributed by atoms with E-state index in [9.17, 15) is 0 Å². The van der Waals surface area contributed by atoms with Gasteiger partial charge >= 0.3 is 0 Å². The van der Waals surface area contributed by atoms with Crippen molar-refractivity contribution in [2.24, 2.45) is 0 Å². The summed E-state index contributed by atoms with van der Waals surface area (Å²) in [7, 11) is 0. The number of hydrogen-bond donors (Lipinski definition) is 1. The van der Waals surface area contributed by atoms with Crippen LogP contribution in [-0.4, -0.2) is 28.0 Å². The maximum absolute atomic E-state index is 4.49. The monoisotopic (exact) mass is 330 g/mol. The zero-order valence-corrected chi connectivity index (χ0v) is 14.7. The Morgan fingerprint density at radius 3 is 2.80 bits per heavy atom. The van der Waals surface area contributed by atoms with Crippen LogP contribution in [0.15, 0.2) is 60.6 Å². The summed E-state index contributed by atoms with van der Waals surface area (Å²) >= 11 is 0. The molecule has 2 aromatic heterocycles. The summed E-state index contributed by atoms with van der Waals surface area (Å²) in [6, 6.07) is 8.67. The summed E-state index contributed by atoms with van der Waals surface area (Å²) < 4.78 is 0. The van der Waals surface area contributed by atoms with Gasteiger partial charge in [-0.15, -0.1) is 0 Å². The first-order valence-electron chi connectivity index (χ1n) is 8.61. The lowest BCUT2D eigenvalue weighted by molar-refractivity contribution is 0.742. The minimum atomic E-state index is 0.796. The van der Waals surface area contributed by atoms with Gasteiger partial charge < -0.3 is 9.88 Å². The van der Waals surface area contributed by atoms with Gasteiger partial charge in [-0.1, -0.05) is 12.6 Å². The molecule has 1 aliphatic rings. The zero-order chi connectivity index (χ0) is 17.4. The zero-order valence-electron chi connectivity index (χ0n) is 14.7. The van der Waals surface area contributed by atoms with E-state index in [4.69, 9.17) is 0 Å². The third kappa shape index (κ3) is 2.95. The van der Waals surface area contributed by atoms with Crippen molar-refractivity contribution in [2.45, 2.75) is 20.3 Å². The fraction of sp³-hybridized carbons (Fsp3) is 0.238. The highest BCUT2D eigenvalue weighted by molar-refractivity contribution is 5.85. The molecule has 0 saturated carbocycles. The lowest BCUT2D eigenvalue weighted by Crippen LogP contribution is -2.33. The van der Waals surface area contributed by atoms with E-state index in [-0.39, 0.29) is 0 Å². The predicted molar refractivity (Wildman–Crippen MR) is 104 cm³/mol. The number of aromatic nitrogens is 3. The average molecular weight is 330 g/mol. The van der Waals surface area contributed by atoms with Crippen LogP contribution < -0.4 is 4.90 Å². The van der Waals surface area contributed by atoms with Crippen LogP contribution in [0.4, 0.5) is 5.95 Å². The second-order valence-corrected chi connectivity index (χ2v) is 6.72. The Balaban J connectivity index is 1.69. The van der Waals surface area contributed by atoms with E-state index in [0.717, 1.165) is 31.0 Å². The lowest BCUT2D eigenvalue weighted by atomic mass is 9.91. The van der Waals surface area contributed by atoms with Crippen LogP contribution >= 0.6 is 0 Å². The van der Waals surface area contributed by atoms with Gasteiger partial charge in [0.05, 0.1) is 0 Å². The first kappa shape index (κ1) is 15.6. The number of aryl methyl sites for hydroxylation is 1. The number of allylic oxidation sites excluding steroid dienone is 1. The van der Waals surface area contributed by atoms with E-state index >= 15 is 0 Å². The number of nitrogens with one attached hydrogen (secondary N) is 1. The molecule has 25 heavy (non-hydrogen) atoms. The third-order valence-electron chi connectivity index (χ3n) is 4.95. The fourth-order valence-electron chi connectivity index (χ4n) is 3.37. The summed E-state index contributed by atoms with van der Waals surface area (Å²) in [5.41, 5.74) is 7.29. The van der Waals surface area contributed by atoms with Crippen LogP contribution in [0.5, 0.6) is 0 Å². The molecule has 1 aliphatic heterocycles. The average Bonchev–Trinajstić information content (AvgIpc) is 3.10. The number of fused-ring (bicyclic) bond motifs is 1. The summed E-state index contributed by atoms with van der Waals surface area (Å²) in [6.45, 7) is 10.2. The summed E-state index contributed by atoms with van der Waals surface area (Å²) in [4.78, 5) is 14.5. The number of H-pyrrole nitrogens is 1. The van der Waals surface area contributed by atoms with E-state index in [2.05, 4.69) is 57.6 Å². The van der Waals surface area contributed by atoms with Crippen molar-refractivity contribution in [3.05, 3.63) is 71.7 Å². The van der Waals surface area contributed by atoms with Gasteiger partial charge in [-0.05, 0) is 71.7 Å². The smallest absolute Gasteiger partial charge is 0.225 e. The normalized spacial score (nSPS) is 17.2. The quantitative estimate of drug-likeness (QED) is 0.752. The van der Waals surface area contributed by atoms with Gasteiger partial charge in [0.15, 0.2) is 0 Å². The van der Waals surface area contributed by atoms with Crippen LogP contribution in [0.25, 0.3) is 16.5 Å². The van der Waals surface area contributed by atoms with Gasteiger partial charge in [0.2, 0.25) is 5.95 Å². The fourth-order valence-corrected chi connectivity index (χ4v) is 3.37. The van der Waals surface area contributed by atoms with Crippen molar-refractivity contribution < 1.29 is 0 Å². The molecule has 1 saturated heterocycles. The Kier molecular flexibility index (Phi) is 3.88. The molecule has 0 bridgehead atoms. The molecule has 3 aromatic rings. The van der Waals surface area contributed by atoms with Crippen molar-refractivity contribution >= 4 is 22.4 Å². The van der Waals surface area contributed by atoms with Crippen molar-refractivity contribution in [2.75, 3.05) is 18.0 Å². The second kappa shape index (κ2) is 6.20. The number of rotatable bonds is 2. The molecule has 1 aromatic carbocycles. The highest BCUT2D eigenvalue weighted by Gasteiger charge is 2.21. The first-order valence-corrected chi connectivity index (χ1v) is 8.61. The van der Waals surface area contributed by atoms with Gasteiger partial charge in [0.25, 0.3) is 0 Å². The van der Waals surface area contributed by atoms with Gasteiger partial charge in [0.1, 0.15) is 0 Å². The molecule has 4 nitrogen and oxygen atoms in total. The maximum atomic E-state index is 4.49. The van der Waals surface area contributed by atoms with Crippen molar-refractivity contribution in [3.63, 3.8) is 0 Å². The number of hydrogen-bond acceptors (Lipinski definition) is 3. The number of piperidine rings is 1. The van der Waals surface area contributed by atoms with Crippen LogP contribution in [0, 0.1) is 6.92 Å². The lowest BCUT2D eigenvalue weighted by Gasteiger charge is -2.31. The van der Waals surface area contributed by atoms with E-state index in [1.165, 1.54) is 33.2 Å². The molecule has 0 amide bonds. The van der Waals surface area contributed by atoms with Gasteiger partial charge in [0, 0.05) is 37.2 Å². The standard InChI is InChI=1S/C21H22N4/c1-14-11-23-21(24-12-14)25-9-7-15(2)19(13-25)16(3)17-4-5-20-18(10-17)6-8-22-20/h4-6,8,10-12,22H,2,7,9,13H2,1,3H3/b19-16+. The molecule has 4 rings (SSSR count). The van der Waals surface area contributed by atoms with E-state index in [0.29, 0.717) is 0 Å². The largest absolute Gasteiger partial charge is 0.361 e. The molecule has 126 valence electrons. The van der Waals surface area contributed by atoms with Crippen LogP contribution in [0.1, 0.15) is 24.5 Å². The SMILES string of the molecule is C=C1CCN(c2ncc(C)cn2)C/C1=C(/C)c1ccc2[nH]ccc2c1. The van der Waals surface area contributed by atoms with Crippen molar-refractivity contribution in [1.82, 2.24) is 15.0 Å². The molecule has 4 heteroatoms. The van der Waals surface area contributed by atoms with Gasteiger partial charge in [-0.25, -0.2) is 9.97 Å². The van der Waals surface area contributed by atoms with Crippen LogP contribution in [0.2, 0.25) is 0 Å². The molecular formula is C21H22N4. The molecule has 3 heterocycles. The Bertz CT molecular complexity index is 963. The van der Waals surface area contributed by atoms with Crippen molar-refractivity contribution in [1.29, 1.82) is 0 Å². The Labute approximate surface area is 147 Å². The minimum Gasteiger partial charge on any atom is -0.361 e.